The second kappa shape index (κ2) is 11.8. The van der Waals surface area contributed by atoms with Crippen LogP contribution in [0.1, 0.15) is 41.4 Å². The highest BCUT2D eigenvalue weighted by Crippen LogP contribution is 2.23. The molecule has 0 saturated carbocycles. The molecule has 1 saturated heterocycles. The smallest absolute Gasteiger partial charge is 0.262 e. The summed E-state index contributed by atoms with van der Waals surface area (Å²) in [6.07, 6.45) is 0. The lowest BCUT2D eigenvalue weighted by molar-refractivity contribution is -0.134. The standard InChI is InChI=1S/C28H28N4O8/c33-23(17-31-25(35)19-5-1-2-6-20(19)26(31)36)29-9-13-39-15-11-30(12-16-40-14-10-29)24(34)18-32-27(37)21-7-3-4-8-22(21)28(32)38/h1-8H,9-18H2. The lowest BCUT2D eigenvalue weighted by atomic mass is 10.1. The van der Waals surface area contributed by atoms with E-state index in [1.807, 2.05) is 0 Å². The van der Waals surface area contributed by atoms with Crippen LogP contribution in [-0.2, 0) is 19.1 Å². The molecule has 3 heterocycles. The van der Waals surface area contributed by atoms with Gasteiger partial charge in [-0.1, -0.05) is 24.3 Å². The molecule has 1 fully saturated rings. The first-order chi connectivity index (χ1) is 19.4. The number of fused-ring (bicyclic) bond motifs is 2. The molecular formula is C28H28N4O8. The van der Waals surface area contributed by atoms with Crippen molar-refractivity contribution in [3.05, 3.63) is 70.8 Å². The third kappa shape index (κ3) is 5.36. The number of hydrogen-bond acceptors (Lipinski definition) is 8. The van der Waals surface area contributed by atoms with Crippen LogP contribution in [0, 0.1) is 0 Å². The maximum atomic E-state index is 13.0. The Labute approximate surface area is 230 Å². The van der Waals surface area contributed by atoms with Crippen molar-refractivity contribution in [2.45, 2.75) is 0 Å². The molecule has 0 radical (unpaired) electrons. The fraction of sp³-hybridized carbons (Fsp3) is 0.357. The fourth-order valence-corrected chi connectivity index (χ4v) is 4.86. The van der Waals surface area contributed by atoms with Crippen LogP contribution in [0.25, 0.3) is 0 Å². The molecule has 208 valence electrons. The summed E-state index contributed by atoms with van der Waals surface area (Å²) in [7, 11) is 0. The van der Waals surface area contributed by atoms with E-state index >= 15 is 0 Å². The number of amides is 6. The second-order valence-corrected chi connectivity index (χ2v) is 9.47. The quantitative estimate of drug-likeness (QED) is 0.498. The summed E-state index contributed by atoms with van der Waals surface area (Å²) in [6, 6.07) is 12.9. The molecule has 6 amide bonds. The van der Waals surface area contributed by atoms with E-state index in [2.05, 4.69) is 0 Å². The van der Waals surface area contributed by atoms with Gasteiger partial charge in [-0.15, -0.1) is 0 Å². The monoisotopic (exact) mass is 548 g/mol. The number of carbonyl (C=O) groups is 6. The molecule has 5 rings (SSSR count). The third-order valence-corrected chi connectivity index (χ3v) is 7.07. The Kier molecular flexibility index (Phi) is 7.99. The number of imide groups is 2. The zero-order chi connectivity index (χ0) is 28.2. The Hall–Kier alpha value is -4.42. The van der Waals surface area contributed by atoms with Crippen LogP contribution in [0.3, 0.4) is 0 Å². The van der Waals surface area contributed by atoms with Gasteiger partial charge in [-0.3, -0.25) is 38.6 Å². The van der Waals surface area contributed by atoms with Gasteiger partial charge in [-0.05, 0) is 24.3 Å². The maximum Gasteiger partial charge on any atom is 0.262 e. The van der Waals surface area contributed by atoms with Gasteiger partial charge in [-0.25, -0.2) is 0 Å². The van der Waals surface area contributed by atoms with Crippen LogP contribution in [0.15, 0.2) is 48.5 Å². The Morgan fingerprint density at radius 1 is 0.525 bits per heavy atom. The summed E-state index contributed by atoms with van der Waals surface area (Å²) in [5.41, 5.74) is 1.12. The lowest BCUT2D eigenvalue weighted by Crippen LogP contribution is -2.47. The first-order valence-corrected chi connectivity index (χ1v) is 13.0. The van der Waals surface area contributed by atoms with E-state index in [-0.39, 0.29) is 87.9 Å². The van der Waals surface area contributed by atoms with E-state index < -0.39 is 35.4 Å². The molecule has 3 aliphatic rings. The van der Waals surface area contributed by atoms with Gasteiger partial charge >= 0.3 is 0 Å². The summed E-state index contributed by atoms with van der Waals surface area (Å²) < 4.78 is 11.3. The average molecular weight is 549 g/mol. The molecule has 0 atom stereocenters. The molecule has 3 aliphatic heterocycles. The highest BCUT2D eigenvalue weighted by atomic mass is 16.5. The summed E-state index contributed by atoms with van der Waals surface area (Å²) in [6.45, 7) is 0.690. The van der Waals surface area contributed by atoms with Gasteiger partial charge in [0.05, 0.1) is 48.7 Å². The fourth-order valence-electron chi connectivity index (χ4n) is 4.86. The van der Waals surface area contributed by atoms with Gasteiger partial charge in [0.25, 0.3) is 23.6 Å². The number of nitrogens with zero attached hydrogens (tertiary/aromatic N) is 4. The van der Waals surface area contributed by atoms with Crippen molar-refractivity contribution in [3.63, 3.8) is 0 Å². The van der Waals surface area contributed by atoms with E-state index in [9.17, 15) is 28.8 Å². The number of ether oxygens (including phenoxy) is 2. The molecule has 12 nitrogen and oxygen atoms in total. The van der Waals surface area contributed by atoms with Crippen LogP contribution in [0.2, 0.25) is 0 Å². The molecule has 0 aromatic heterocycles. The van der Waals surface area contributed by atoms with E-state index in [1.165, 1.54) is 9.80 Å². The summed E-state index contributed by atoms with van der Waals surface area (Å²) in [5, 5.41) is 0. The molecule has 12 heteroatoms. The largest absolute Gasteiger partial charge is 0.378 e. The van der Waals surface area contributed by atoms with Crippen molar-refractivity contribution >= 4 is 35.4 Å². The first kappa shape index (κ1) is 27.2. The number of hydrogen-bond donors (Lipinski definition) is 0. The molecule has 2 aromatic rings. The minimum absolute atomic E-state index is 0.161. The van der Waals surface area contributed by atoms with Crippen LogP contribution < -0.4 is 0 Å². The topological polar surface area (TPSA) is 134 Å². The number of rotatable bonds is 4. The van der Waals surface area contributed by atoms with E-state index in [4.69, 9.17) is 9.47 Å². The van der Waals surface area contributed by atoms with E-state index in [0.29, 0.717) is 0 Å². The molecular weight excluding hydrogens is 520 g/mol. The van der Waals surface area contributed by atoms with E-state index in [0.717, 1.165) is 9.80 Å². The second-order valence-electron chi connectivity index (χ2n) is 9.47. The zero-order valence-electron chi connectivity index (χ0n) is 21.7. The van der Waals surface area contributed by atoms with Crippen molar-refractivity contribution in [2.24, 2.45) is 0 Å². The number of carbonyl (C=O) groups excluding carboxylic acids is 6. The summed E-state index contributed by atoms with van der Waals surface area (Å²) in [5.74, 6) is -2.81. The molecule has 0 unspecified atom stereocenters. The van der Waals surface area contributed by atoms with Crippen molar-refractivity contribution < 1.29 is 38.2 Å². The normalized spacial score (nSPS) is 18.4. The van der Waals surface area contributed by atoms with Crippen molar-refractivity contribution in [3.8, 4) is 0 Å². The highest BCUT2D eigenvalue weighted by molar-refractivity contribution is 6.23. The molecule has 0 spiro atoms. The van der Waals surface area contributed by atoms with Crippen molar-refractivity contribution in [1.82, 2.24) is 19.6 Å². The first-order valence-electron chi connectivity index (χ1n) is 13.0. The van der Waals surface area contributed by atoms with Crippen LogP contribution >= 0.6 is 0 Å². The van der Waals surface area contributed by atoms with Crippen molar-refractivity contribution in [1.29, 1.82) is 0 Å². The molecule has 0 N–H and O–H groups in total. The Bertz CT molecular complexity index is 1190. The Morgan fingerprint density at radius 2 is 0.800 bits per heavy atom. The molecule has 0 aliphatic carbocycles. The Morgan fingerprint density at radius 3 is 1.07 bits per heavy atom. The van der Waals surface area contributed by atoms with Gasteiger partial charge in [0.15, 0.2) is 0 Å². The Balaban J connectivity index is 1.13. The predicted molar refractivity (Wildman–Crippen MR) is 138 cm³/mol. The van der Waals surface area contributed by atoms with Crippen LogP contribution in [-0.4, -0.2) is 121 Å². The van der Waals surface area contributed by atoms with Gasteiger partial charge < -0.3 is 19.3 Å². The summed E-state index contributed by atoms with van der Waals surface area (Å²) >= 11 is 0. The minimum atomic E-state index is -0.498. The lowest BCUT2D eigenvalue weighted by Gasteiger charge is -2.28. The number of benzene rings is 2. The minimum Gasteiger partial charge on any atom is -0.378 e. The SMILES string of the molecule is O=C(CN1C(=O)c2ccccc2C1=O)N1CCOCCN(C(=O)CN2C(=O)c3ccccc3C2=O)CCOCC1. The molecule has 40 heavy (non-hydrogen) atoms. The predicted octanol–water partition coefficient (Wildman–Crippen LogP) is 0.283. The maximum absolute atomic E-state index is 13.0. The van der Waals surface area contributed by atoms with Gasteiger partial charge in [0.2, 0.25) is 11.8 Å². The molecule has 2 aromatic carbocycles. The average Bonchev–Trinajstić information content (AvgIpc) is 3.34. The van der Waals surface area contributed by atoms with E-state index in [1.54, 1.807) is 48.5 Å². The zero-order valence-corrected chi connectivity index (χ0v) is 21.7. The molecule has 0 bridgehead atoms. The van der Waals surface area contributed by atoms with Crippen LogP contribution in [0.4, 0.5) is 0 Å². The van der Waals surface area contributed by atoms with Gasteiger partial charge in [-0.2, -0.15) is 0 Å². The van der Waals surface area contributed by atoms with Crippen molar-refractivity contribution in [2.75, 3.05) is 65.7 Å². The summed E-state index contributed by atoms with van der Waals surface area (Å²) in [4.78, 5) is 81.4. The van der Waals surface area contributed by atoms with Gasteiger partial charge in [0, 0.05) is 26.2 Å². The van der Waals surface area contributed by atoms with Gasteiger partial charge in [0.1, 0.15) is 13.1 Å². The third-order valence-electron chi connectivity index (χ3n) is 7.07. The highest BCUT2D eigenvalue weighted by Gasteiger charge is 2.38. The van der Waals surface area contributed by atoms with Crippen LogP contribution in [0.5, 0.6) is 0 Å².